The summed E-state index contributed by atoms with van der Waals surface area (Å²) in [6.45, 7) is 0. The van der Waals surface area contributed by atoms with Crippen molar-refractivity contribution in [3.63, 3.8) is 0 Å². The van der Waals surface area contributed by atoms with Crippen molar-refractivity contribution < 1.29 is 4.79 Å². The number of nitrogen functional groups attached to an aromatic ring is 1. The fraction of sp³-hybridized carbons (Fsp3) is 0.273. The zero-order valence-corrected chi connectivity index (χ0v) is 11.2. The molecule has 0 heterocycles. The molecule has 0 radical (unpaired) electrons. The molecule has 0 spiro atoms. The number of carbonyl (C=O) groups excluding carboxylic acids is 1. The summed E-state index contributed by atoms with van der Waals surface area (Å²) in [5.41, 5.74) is 5.87. The van der Waals surface area contributed by atoms with Crippen LogP contribution in [-0.2, 0) is 4.79 Å². The van der Waals surface area contributed by atoms with Crippen molar-refractivity contribution >= 4 is 35.1 Å². The Labute approximate surface area is 110 Å². The van der Waals surface area contributed by atoms with Crippen molar-refractivity contribution in [2.75, 3.05) is 19.8 Å². The van der Waals surface area contributed by atoms with Crippen LogP contribution in [0.3, 0.4) is 0 Å². The highest BCUT2D eigenvalue weighted by Crippen LogP contribution is 2.24. The van der Waals surface area contributed by atoms with Gasteiger partial charge in [-0.2, -0.15) is 0 Å². The number of carbonyl (C=O) groups is 1. The van der Waals surface area contributed by atoms with Crippen molar-refractivity contribution in [2.45, 2.75) is 4.90 Å². The van der Waals surface area contributed by atoms with Gasteiger partial charge in [0, 0.05) is 24.6 Å². The number of nitrogens with zero attached hydrogens (tertiary/aromatic N) is 1. The van der Waals surface area contributed by atoms with Crippen LogP contribution < -0.4 is 5.73 Å². The molecule has 0 saturated heterocycles. The third kappa shape index (κ3) is 3.94. The number of nitrogens with two attached hydrogens (primary N) is 1. The monoisotopic (exact) mass is 271 g/mol. The molecule has 1 aromatic carbocycles. The lowest BCUT2D eigenvalue weighted by Gasteiger charge is -2.10. The lowest BCUT2D eigenvalue weighted by molar-refractivity contribution is -0.125. The van der Waals surface area contributed by atoms with Crippen LogP contribution >= 0.6 is 23.4 Å². The standard InChI is InChI=1S/C11H14ClN3OS/c1-15(2)10(16)6-17-7-3-4-8(11(13)14)9(12)5-7/h3-5H,6H2,1-2H3,(H3,13,14). The molecule has 0 unspecified atom stereocenters. The van der Waals surface area contributed by atoms with E-state index in [1.54, 1.807) is 37.2 Å². The van der Waals surface area contributed by atoms with Crippen LogP contribution in [-0.4, -0.2) is 36.5 Å². The minimum absolute atomic E-state index is 0.0433. The van der Waals surface area contributed by atoms with Gasteiger partial charge in [-0.15, -0.1) is 11.8 Å². The lowest BCUT2D eigenvalue weighted by atomic mass is 10.2. The molecule has 0 saturated carbocycles. The molecule has 3 N–H and O–H groups in total. The van der Waals surface area contributed by atoms with E-state index in [0.29, 0.717) is 16.3 Å². The molecule has 0 fully saturated rings. The van der Waals surface area contributed by atoms with Crippen LogP contribution in [0.25, 0.3) is 0 Å². The van der Waals surface area contributed by atoms with Gasteiger partial charge in [0.25, 0.3) is 0 Å². The molecule has 1 aromatic rings. The van der Waals surface area contributed by atoms with Gasteiger partial charge in [0.15, 0.2) is 0 Å². The average Bonchev–Trinajstić information content (AvgIpc) is 2.25. The Balaban J connectivity index is 2.71. The van der Waals surface area contributed by atoms with Gasteiger partial charge in [-0.05, 0) is 18.2 Å². The number of hydrogen-bond acceptors (Lipinski definition) is 3. The second kappa shape index (κ2) is 5.93. The SMILES string of the molecule is CN(C)C(=O)CSc1ccc(C(=N)N)c(Cl)c1. The Morgan fingerprint density at radius 2 is 2.18 bits per heavy atom. The molecule has 17 heavy (non-hydrogen) atoms. The third-order valence-electron chi connectivity index (χ3n) is 2.09. The van der Waals surface area contributed by atoms with Crippen LogP contribution in [0.5, 0.6) is 0 Å². The van der Waals surface area contributed by atoms with Gasteiger partial charge in [0.1, 0.15) is 5.84 Å². The molecule has 0 aliphatic carbocycles. The van der Waals surface area contributed by atoms with E-state index >= 15 is 0 Å². The summed E-state index contributed by atoms with van der Waals surface area (Å²) in [4.78, 5) is 13.8. The highest BCUT2D eigenvalue weighted by atomic mass is 35.5. The summed E-state index contributed by atoms with van der Waals surface area (Å²) >= 11 is 7.38. The molecule has 1 rings (SSSR count). The third-order valence-corrected chi connectivity index (χ3v) is 3.38. The van der Waals surface area contributed by atoms with Crippen LogP contribution in [0.1, 0.15) is 5.56 Å². The molecule has 6 heteroatoms. The van der Waals surface area contributed by atoms with E-state index in [0.717, 1.165) is 4.90 Å². The molecule has 0 aliphatic heterocycles. The predicted octanol–water partition coefficient (Wildman–Crippen LogP) is 1.80. The average molecular weight is 272 g/mol. The minimum atomic E-state index is -0.0593. The highest BCUT2D eigenvalue weighted by Gasteiger charge is 2.08. The second-order valence-corrected chi connectivity index (χ2v) is 5.09. The molecule has 0 aliphatic rings. The Hall–Kier alpha value is -1.20. The van der Waals surface area contributed by atoms with Crippen molar-refractivity contribution in [3.05, 3.63) is 28.8 Å². The Bertz CT molecular complexity index is 448. The maximum absolute atomic E-state index is 11.4. The summed E-state index contributed by atoms with van der Waals surface area (Å²) in [6, 6.07) is 5.20. The Morgan fingerprint density at radius 1 is 1.53 bits per heavy atom. The van der Waals surface area contributed by atoms with Gasteiger partial charge in [0.05, 0.1) is 10.8 Å². The van der Waals surface area contributed by atoms with Crippen molar-refractivity contribution in [2.24, 2.45) is 5.73 Å². The maximum atomic E-state index is 11.4. The smallest absolute Gasteiger partial charge is 0.232 e. The number of nitrogens with one attached hydrogen (secondary N) is 1. The van der Waals surface area contributed by atoms with Gasteiger partial charge in [-0.1, -0.05) is 11.6 Å². The number of amides is 1. The summed E-state index contributed by atoms with van der Waals surface area (Å²) in [7, 11) is 3.43. The number of rotatable bonds is 4. The first-order chi connectivity index (χ1) is 7.91. The Kier molecular flexibility index (Phi) is 4.84. The summed E-state index contributed by atoms with van der Waals surface area (Å²) in [6.07, 6.45) is 0. The number of hydrogen-bond donors (Lipinski definition) is 2. The quantitative estimate of drug-likeness (QED) is 0.498. The molecule has 0 aromatic heterocycles. The molecule has 4 nitrogen and oxygen atoms in total. The van der Waals surface area contributed by atoms with E-state index in [2.05, 4.69) is 0 Å². The van der Waals surface area contributed by atoms with Gasteiger partial charge < -0.3 is 10.6 Å². The van der Waals surface area contributed by atoms with E-state index < -0.39 is 0 Å². The minimum Gasteiger partial charge on any atom is -0.384 e. The molecule has 0 atom stereocenters. The van der Waals surface area contributed by atoms with E-state index in [4.69, 9.17) is 22.7 Å². The predicted molar refractivity (Wildman–Crippen MR) is 71.9 cm³/mol. The second-order valence-electron chi connectivity index (χ2n) is 3.63. The van der Waals surface area contributed by atoms with Gasteiger partial charge in [0.2, 0.25) is 5.91 Å². The zero-order valence-electron chi connectivity index (χ0n) is 9.66. The normalized spacial score (nSPS) is 10.1. The summed E-state index contributed by atoms with van der Waals surface area (Å²) < 4.78 is 0. The fourth-order valence-corrected chi connectivity index (χ4v) is 2.34. The maximum Gasteiger partial charge on any atom is 0.232 e. The van der Waals surface area contributed by atoms with Crippen molar-refractivity contribution in [1.29, 1.82) is 5.41 Å². The lowest BCUT2D eigenvalue weighted by Crippen LogP contribution is -2.23. The van der Waals surface area contributed by atoms with Crippen molar-refractivity contribution in [3.8, 4) is 0 Å². The van der Waals surface area contributed by atoms with Crippen LogP contribution in [0.2, 0.25) is 5.02 Å². The van der Waals surface area contributed by atoms with Gasteiger partial charge >= 0.3 is 0 Å². The zero-order chi connectivity index (χ0) is 13.0. The summed E-state index contributed by atoms with van der Waals surface area (Å²) in [5, 5.41) is 7.73. The topological polar surface area (TPSA) is 70.2 Å². The number of benzene rings is 1. The van der Waals surface area contributed by atoms with E-state index in [-0.39, 0.29) is 11.7 Å². The fourth-order valence-electron chi connectivity index (χ4n) is 1.08. The van der Waals surface area contributed by atoms with E-state index in [9.17, 15) is 4.79 Å². The molecule has 1 amide bonds. The number of amidine groups is 1. The number of halogens is 1. The largest absolute Gasteiger partial charge is 0.384 e. The Morgan fingerprint density at radius 3 is 2.65 bits per heavy atom. The molecular weight excluding hydrogens is 258 g/mol. The first-order valence-corrected chi connectivity index (χ1v) is 6.25. The van der Waals surface area contributed by atoms with Crippen LogP contribution in [0.4, 0.5) is 0 Å². The highest BCUT2D eigenvalue weighted by molar-refractivity contribution is 8.00. The van der Waals surface area contributed by atoms with Gasteiger partial charge in [-0.25, -0.2) is 0 Å². The molecule has 0 bridgehead atoms. The van der Waals surface area contributed by atoms with Crippen LogP contribution in [0.15, 0.2) is 23.1 Å². The summed E-state index contributed by atoms with van der Waals surface area (Å²) in [5.74, 6) is 0.348. The van der Waals surface area contributed by atoms with Gasteiger partial charge in [-0.3, -0.25) is 10.2 Å². The molecule has 92 valence electrons. The van der Waals surface area contributed by atoms with E-state index in [1.807, 2.05) is 0 Å². The van der Waals surface area contributed by atoms with E-state index in [1.165, 1.54) is 11.8 Å². The molecular formula is C11H14ClN3OS. The van der Waals surface area contributed by atoms with Crippen LogP contribution in [0, 0.1) is 5.41 Å². The number of thioether (sulfide) groups is 1. The van der Waals surface area contributed by atoms with Crippen molar-refractivity contribution in [1.82, 2.24) is 4.90 Å². The first-order valence-electron chi connectivity index (χ1n) is 4.88. The first kappa shape index (κ1) is 13.9.